The highest BCUT2D eigenvalue weighted by Gasteiger charge is 2.00. The van der Waals surface area contributed by atoms with Crippen molar-refractivity contribution < 1.29 is 0 Å². The summed E-state index contributed by atoms with van der Waals surface area (Å²) in [7, 11) is 1.62. The number of aromatic nitrogens is 2. The molecule has 0 fully saturated rings. The monoisotopic (exact) mass is 194 g/mol. The molecule has 0 atom stereocenters. The SMILES string of the molecule is Cn1ncc2cc(Cl)ccc2c1=O. The standard InChI is InChI=1S/C9H7ClN2O/c1-12-9(13)8-3-2-7(10)4-6(8)5-11-12/h2-5H,1H3. The van der Waals surface area contributed by atoms with Crippen molar-refractivity contribution >= 4 is 22.4 Å². The smallest absolute Gasteiger partial charge is 0.267 e. The van der Waals surface area contributed by atoms with Gasteiger partial charge in [-0.3, -0.25) is 4.79 Å². The van der Waals surface area contributed by atoms with E-state index >= 15 is 0 Å². The van der Waals surface area contributed by atoms with Crippen molar-refractivity contribution in [2.24, 2.45) is 7.05 Å². The van der Waals surface area contributed by atoms with Crippen LogP contribution in [-0.4, -0.2) is 9.78 Å². The maximum Gasteiger partial charge on any atom is 0.274 e. The second-order valence-electron chi connectivity index (χ2n) is 2.80. The fourth-order valence-corrected chi connectivity index (χ4v) is 1.39. The van der Waals surface area contributed by atoms with E-state index in [4.69, 9.17) is 11.6 Å². The van der Waals surface area contributed by atoms with Crippen molar-refractivity contribution in [3.05, 3.63) is 39.8 Å². The van der Waals surface area contributed by atoms with Crippen LogP contribution in [0.2, 0.25) is 5.02 Å². The average molecular weight is 195 g/mol. The first-order valence-electron chi connectivity index (χ1n) is 3.80. The van der Waals surface area contributed by atoms with Gasteiger partial charge in [0.15, 0.2) is 0 Å². The Morgan fingerprint density at radius 2 is 2.23 bits per heavy atom. The molecule has 1 aromatic heterocycles. The summed E-state index contributed by atoms with van der Waals surface area (Å²) in [5.74, 6) is 0. The minimum absolute atomic E-state index is 0.103. The first kappa shape index (κ1) is 8.26. The summed E-state index contributed by atoms with van der Waals surface area (Å²) in [5, 5.41) is 5.92. The molecule has 0 aliphatic rings. The van der Waals surface area contributed by atoms with Gasteiger partial charge in [0.25, 0.3) is 5.56 Å². The lowest BCUT2D eigenvalue weighted by atomic mass is 10.2. The summed E-state index contributed by atoms with van der Waals surface area (Å²) in [6.07, 6.45) is 1.63. The van der Waals surface area contributed by atoms with E-state index in [9.17, 15) is 4.79 Å². The lowest BCUT2D eigenvalue weighted by molar-refractivity contribution is 0.718. The van der Waals surface area contributed by atoms with Gasteiger partial charge in [0.1, 0.15) is 0 Å². The number of fused-ring (bicyclic) bond motifs is 1. The van der Waals surface area contributed by atoms with Gasteiger partial charge in [-0.2, -0.15) is 5.10 Å². The maximum absolute atomic E-state index is 11.5. The summed E-state index contributed by atoms with van der Waals surface area (Å²) >= 11 is 5.77. The van der Waals surface area contributed by atoms with Gasteiger partial charge in [-0.25, -0.2) is 4.68 Å². The molecular formula is C9H7ClN2O. The van der Waals surface area contributed by atoms with Gasteiger partial charge < -0.3 is 0 Å². The van der Waals surface area contributed by atoms with Gasteiger partial charge >= 0.3 is 0 Å². The molecule has 66 valence electrons. The molecule has 0 aliphatic carbocycles. The van der Waals surface area contributed by atoms with Crippen molar-refractivity contribution in [2.75, 3.05) is 0 Å². The second-order valence-corrected chi connectivity index (χ2v) is 3.24. The van der Waals surface area contributed by atoms with Crippen molar-refractivity contribution in [3.8, 4) is 0 Å². The zero-order valence-electron chi connectivity index (χ0n) is 6.99. The van der Waals surface area contributed by atoms with E-state index in [1.54, 1.807) is 31.4 Å². The van der Waals surface area contributed by atoms with Crippen molar-refractivity contribution in [1.82, 2.24) is 9.78 Å². The lowest BCUT2D eigenvalue weighted by Gasteiger charge is -1.99. The third-order valence-electron chi connectivity index (χ3n) is 1.91. The highest BCUT2D eigenvalue weighted by Crippen LogP contribution is 2.14. The molecule has 0 amide bonds. The highest BCUT2D eigenvalue weighted by molar-refractivity contribution is 6.31. The van der Waals surface area contributed by atoms with Crippen LogP contribution in [0.5, 0.6) is 0 Å². The van der Waals surface area contributed by atoms with Crippen LogP contribution < -0.4 is 5.56 Å². The molecular weight excluding hydrogens is 188 g/mol. The molecule has 4 heteroatoms. The average Bonchev–Trinajstić information content (AvgIpc) is 2.12. The van der Waals surface area contributed by atoms with E-state index in [1.165, 1.54) is 4.68 Å². The number of rotatable bonds is 0. The molecule has 0 saturated heterocycles. The summed E-state index contributed by atoms with van der Waals surface area (Å²) in [6.45, 7) is 0. The fourth-order valence-electron chi connectivity index (χ4n) is 1.21. The molecule has 0 N–H and O–H groups in total. The minimum Gasteiger partial charge on any atom is -0.267 e. The van der Waals surface area contributed by atoms with E-state index in [0.29, 0.717) is 10.4 Å². The normalized spacial score (nSPS) is 10.6. The molecule has 0 spiro atoms. The number of aryl methyl sites for hydroxylation is 1. The Balaban J connectivity index is 2.95. The van der Waals surface area contributed by atoms with Crippen molar-refractivity contribution in [2.45, 2.75) is 0 Å². The molecule has 0 saturated carbocycles. The minimum atomic E-state index is -0.103. The molecule has 13 heavy (non-hydrogen) atoms. The van der Waals surface area contributed by atoms with Gasteiger partial charge in [-0.15, -0.1) is 0 Å². The summed E-state index contributed by atoms with van der Waals surface area (Å²) in [6, 6.07) is 5.14. The molecule has 0 aliphatic heterocycles. The molecule has 1 aromatic carbocycles. The number of halogens is 1. The maximum atomic E-state index is 11.5. The summed E-state index contributed by atoms with van der Waals surface area (Å²) in [5.41, 5.74) is -0.103. The van der Waals surface area contributed by atoms with E-state index in [-0.39, 0.29) is 5.56 Å². The topological polar surface area (TPSA) is 34.9 Å². The van der Waals surface area contributed by atoms with Crippen LogP contribution >= 0.6 is 11.6 Å². The van der Waals surface area contributed by atoms with E-state index in [0.717, 1.165) is 5.39 Å². The quantitative estimate of drug-likeness (QED) is 0.639. The van der Waals surface area contributed by atoms with Crippen LogP contribution in [0.1, 0.15) is 0 Å². The fraction of sp³-hybridized carbons (Fsp3) is 0.111. The largest absolute Gasteiger partial charge is 0.274 e. The Hall–Kier alpha value is -1.35. The number of hydrogen-bond acceptors (Lipinski definition) is 2. The predicted octanol–water partition coefficient (Wildman–Crippen LogP) is 1.59. The van der Waals surface area contributed by atoms with E-state index in [1.807, 2.05) is 0 Å². The van der Waals surface area contributed by atoms with E-state index < -0.39 is 0 Å². The summed E-state index contributed by atoms with van der Waals surface area (Å²) in [4.78, 5) is 11.5. The molecule has 2 rings (SSSR count). The van der Waals surface area contributed by atoms with Crippen molar-refractivity contribution in [1.29, 1.82) is 0 Å². The van der Waals surface area contributed by atoms with E-state index in [2.05, 4.69) is 5.10 Å². The molecule has 3 nitrogen and oxygen atoms in total. The van der Waals surface area contributed by atoms with Crippen LogP contribution in [0.25, 0.3) is 10.8 Å². The Morgan fingerprint density at radius 3 is 3.00 bits per heavy atom. The molecule has 0 radical (unpaired) electrons. The third-order valence-corrected chi connectivity index (χ3v) is 2.14. The Kier molecular flexibility index (Phi) is 1.81. The third kappa shape index (κ3) is 1.31. The van der Waals surface area contributed by atoms with Gasteiger partial charge in [-0.05, 0) is 18.2 Å². The van der Waals surface area contributed by atoms with Gasteiger partial charge in [0, 0.05) is 17.5 Å². The Morgan fingerprint density at radius 1 is 1.46 bits per heavy atom. The Bertz CT molecular complexity index is 518. The zero-order chi connectivity index (χ0) is 9.42. The molecule has 0 unspecified atom stereocenters. The first-order chi connectivity index (χ1) is 6.18. The van der Waals surface area contributed by atoms with Crippen LogP contribution in [0.15, 0.2) is 29.2 Å². The second kappa shape index (κ2) is 2.85. The first-order valence-corrected chi connectivity index (χ1v) is 4.18. The number of benzene rings is 1. The predicted molar refractivity (Wildman–Crippen MR) is 52.0 cm³/mol. The molecule has 1 heterocycles. The van der Waals surface area contributed by atoms with Crippen LogP contribution in [0, 0.1) is 0 Å². The van der Waals surface area contributed by atoms with Crippen LogP contribution in [0.4, 0.5) is 0 Å². The summed E-state index contributed by atoms with van der Waals surface area (Å²) < 4.78 is 1.30. The number of nitrogens with zero attached hydrogens (tertiary/aromatic N) is 2. The lowest BCUT2D eigenvalue weighted by Crippen LogP contribution is -2.18. The van der Waals surface area contributed by atoms with Gasteiger partial charge in [0.2, 0.25) is 0 Å². The van der Waals surface area contributed by atoms with Crippen molar-refractivity contribution in [3.63, 3.8) is 0 Å². The number of hydrogen-bond donors (Lipinski definition) is 0. The molecule has 0 bridgehead atoms. The van der Waals surface area contributed by atoms with Gasteiger partial charge in [0.05, 0.1) is 11.6 Å². The van der Waals surface area contributed by atoms with Crippen LogP contribution in [0.3, 0.4) is 0 Å². The zero-order valence-corrected chi connectivity index (χ0v) is 7.75. The molecule has 2 aromatic rings. The highest BCUT2D eigenvalue weighted by atomic mass is 35.5. The Labute approximate surface area is 79.6 Å². The van der Waals surface area contributed by atoms with Gasteiger partial charge in [-0.1, -0.05) is 11.6 Å². The van der Waals surface area contributed by atoms with Crippen LogP contribution in [-0.2, 0) is 7.05 Å².